The van der Waals surface area contributed by atoms with Gasteiger partial charge in [-0.2, -0.15) is 8.42 Å². The van der Waals surface area contributed by atoms with Crippen molar-refractivity contribution in [2.24, 2.45) is 17.8 Å². The highest BCUT2D eigenvalue weighted by molar-refractivity contribution is 7.92. The first-order chi connectivity index (χ1) is 11.4. The molecule has 0 radical (unpaired) electrons. The van der Waals surface area contributed by atoms with Gasteiger partial charge in [0.25, 0.3) is 5.91 Å². The Balaban J connectivity index is 1.69. The van der Waals surface area contributed by atoms with E-state index < -0.39 is 39.9 Å². The molecule has 3 fully saturated rings. The van der Waals surface area contributed by atoms with Crippen molar-refractivity contribution in [3.05, 3.63) is 23.5 Å². The molecule has 3 N–H and O–H groups in total. The van der Waals surface area contributed by atoms with Crippen LogP contribution in [0.15, 0.2) is 12.1 Å². The van der Waals surface area contributed by atoms with Crippen LogP contribution >= 0.6 is 0 Å². The molecule has 1 aliphatic carbocycles. The number of nitrogens with one attached hydrogen (secondary N) is 2. The van der Waals surface area contributed by atoms with E-state index in [0.29, 0.717) is 16.1 Å². The monoisotopic (exact) mass is 351 g/mol. The molecule has 2 saturated heterocycles. The minimum atomic E-state index is -4.21. The summed E-state index contributed by atoms with van der Waals surface area (Å²) in [5.74, 6) is 4.68. The quantitative estimate of drug-likeness (QED) is 0.594. The number of phenolic OH excluding ortho intramolecular Hbond substituents is 1. The van der Waals surface area contributed by atoms with Crippen LogP contribution in [-0.2, 0) is 15.0 Å². The highest BCUT2D eigenvalue weighted by atomic mass is 32.2. The fourth-order valence-corrected chi connectivity index (χ4v) is 4.49. The number of hydrogen-bond donors (Lipinski definition) is 3. The van der Waals surface area contributed by atoms with Gasteiger partial charge in [-0.3, -0.25) is 4.79 Å². The van der Waals surface area contributed by atoms with Gasteiger partial charge in [0.2, 0.25) is 0 Å². The first-order valence-corrected chi connectivity index (χ1v) is 8.89. The van der Waals surface area contributed by atoms with Gasteiger partial charge in [-0.1, -0.05) is 11.8 Å². The lowest BCUT2D eigenvalue weighted by atomic mass is 10.1. The molecule has 0 bridgehead atoms. The summed E-state index contributed by atoms with van der Waals surface area (Å²) in [6, 6.07) is 2.48. The van der Waals surface area contributed by atoms with Crippen LogP contribution in [0.2, 0.25) is 0 Å². The third-order valence-corrected chi connectivity index (χ3v) is 6.01. The zero-order chi connectivity index (χ0) is 17.1. The van der Waals surface area contributed by atoms with Crippen molar-refractivity contribution in [2.75, 3.05) is 23.9 Å². The zero-order valence-corrected chi connectivity index (χ0v) is 13.2. The van der Waals surface area contributed by atoms with E-state index in [4.69, 9.17) is 0 Å². The van der Waals surface area contributed by atoms with E-state index in [2.05, 4.69) is 17.2 Å². The molecule has 3 aliphatic rings. The van der Waals surface area contributed by atoms with E-state index in [9.17, 15) is 22.7 Å². The molecule has 0 spiro atoms. The Bertz CT molecular complexity index is 895. The van der Waals surface area contributed by atoms with E-state index in [1.807, 2.05) is 0 Å². The largest absolute Gasteiger partial charge is 0.506 e. The molecule has 1 aromatic rings. The molecule has 4 rings (SSSR count). The van der Waals surface area contributed by atoms with Crippen LogP contribution in [0.1, 0.15) is 5.56 Å². The number of anilines is 1. The van der Waals surface area contributed by atoms with Gasteiger partial charge in [-0.15, -0.1) is 0 Å². The van der Waals surface area contributed by atoms with Crippen LogP contribution in [0.25, 0.3) is 0 Å². The first-order valence-electron chi connectivity index (χ1n) is 7.45. The second-order valence-corrected chi connectivity index (χ2v) is 7.71. The van der Waals surface area contributed by atoms with Crippen molar-refractivity contribution in [2.45, 2.75) is 0 Å². The summed E-state index contributed by atoms with van der Waals surface area (Å²) in [5, 5.41) is 13.1. The van der Waals surface area contributed by atoms with Gasteiger partial charge in [0.15, 0.2) is 5.82 Å². The lowest BCUT2D eigenvalue weighted by Crippen LogP contribution is -2.30. The van der Waals surface area contributed by atoms with Crippen molar-refractivity contribution in [3.63, 3.8) is 0 Å². The second kappa shape index (κ2) is 5.09. The van der Waals surface area contributed by atoms with Crippen molar-refractivity contribution < 1.29 is 22.7 Å². The highest BCUT2D eigenvalue weighted by Gasteiger charge is 2.52. The predicted molar refractivity (Wildman–Crippen MR) is 82.7 cm³/mol. The number of piperidine rings is 1. The first kappa shape index (κ1) is 15.2. The second-order valence-electron chi connectivity index (χ2n) is 6.11. The van der Waals surface area contributed by atoms with Crippen LogP contribution in [0.4, 0.5) is 10.1 Å². The summed E-state index contributed by atoms with van der Waals surface area (Å²) >= 11 is 0. The van der Waals surface area contributed by atoms with Gasteiger partial charge in [-0.05, 0) is 37.1 Å². The molecule has 24 heavy (non-hydrogen) atoms. The van der Waals surface area contributed by atoms with Crippen molar-refractivity contribution >= 4 is 21.8 Å². The molecule has 3 atom stereocenters. The third-order valence-electron chi connectivity index (χ3n) is 4.63. The lowest BCUT2D eigenvalue weighted by Gasteiger charge is -2.17. The van der Waals surface area contributed by atoms with Gasteiger partial charge in [0, 0.05) is 5.92 Å². The number of carbonyl (C=O) groups is 1. The van der Waals surface area contributed by atoms with E-state index in [0.717, 1.165) is 13.1 Å². The van der Waals surface area contributed by atoms with E-state index >= 15 is 0 Å². The summed E-state index contributed by atoms with van der Waals surface area (Å²) < 4.78 is 40.7. The molecule has 1 amide bonds. The van der Waals surface area contributed by atoms with Gasteiger partial charge in [0.1, 0.15) is 18.0 Å². The lowest BCUT2D eigenvalue weighted by molar-refractivity contribution is -0.117. The van der Waals surface area contributed by atoms with Crippen LogP contribution in [-0.4, -0.2) is 39.1 Å². The number of phenols is 1. The Morgan fingerprint density at radius 3 is 2.62 bits per heavy atom. The summed E-state index contributed by atoms with van der Waals surface area (Å²) in [7, 11) is -4.21. The number of amides is 1. The highest BCUT2D eigenvalue weighted by Crippen LogP contribution is 2.48. The average Bonchev–Trinajstić information content (AvgIpc) is 2.83. The molecule has 1 saturated carbocycles. The number of aromatic hydroxyl groups is 1. The molecule has 9 heteroatoms. The van der Waals surface area contributed by atoms with Crippen LogP contribution in [0, 0.1) is 35.4 Å². The van der Waals surface area contributed by atoms with Gasteiger partial charge < -0.3 is 10.4 Å². The maximum atomic E-state index is 14.7. The van der Waals surface area contributed by atoms with Crippen LogP contribution < -0.4 is 14.3 Å². The Kier molecular flexibility index (Phi) is 3.23. The minimum absolute atomic E-state index is 0.00437. The molecule has 2 aliphatic heterocycles. The normalized spacial score (nSPS) is 29.6. The number of rotatable bonds is 1. The number of nitrogens with zero attached hydrogens (tertiary/aromatic N) is 1. The summed E-state index contributed by atoms with van der Waals surface area (Å²) in [4.78, 5) is 11.3. The smallest absolute Gasteiger partial charge is 0.326 e. The maximum absolute atomic E-state index is 14.7. The molecule has 126 valence electrons. The predicted octanol–water partition coefficient (Wildman–Crippen LogP) is -0.471. The van der Waals surface area contributed by atoms with Crippen molar-refractivity contribution in [1.29, 1.82) is 0 Å². The van der Waals surface area contributed by atoms with E-state index in [-0.39, 0.29) is 11.5 Å². The van der Waals surface area contributed by atoms with Crippen molar-refractivity contribution in [3.8, 4) is 17.6 Å². The molecule has 2 heterocycles. The minimum Gasteiger partial charge on any atom is -0.506 e. The topological polar surface area (TPSA) is 98.7 Å². The third kappa shape index (κ3) is 2.30. The zero-order valence-electron chi connectivity index (χ0n) is 12.4. The van der Waals surface area contributed by atoms with Crippen LogP contribution in [0.3, 0.4) is 0 Å². The van der Waals surface area contributed by atoms with Gasteiger partial charge in [0.05, 0.1) is 5.56 Å². The van der Waals surface area contributed by atoms with Gasteiger partial charge in [-0.25, -0.2) is 13.4 Å². The molecular formula is C15H14FN3O4S. The summed E-state index contributed by atoms with van der Waals surface area (Å²) in [6.45, 7) is 1.24. The fraction of sp³-hybridized carbons (Fsp3) is 0.400. The average molecular weight is 351 g/mol. The SMILES string of the molecule is O=C1CN(c2c(O)ccc(C#CC3[C@H]4CNC[C@@H]34)c2F)S(=O)(=O)N1. The molecule has 0 aromatic heterocycles. The number of fused-ring (bicyclic) bond motifs is 1. The van der Waals surface area contributed by atoms with E-state index in [1.165, 1.54) is 12.1 Å². The van der Waals surface area contributed by atoms with Gasteiger partial charge >= 0.3 is 10.2 Å². The molecule has 1 aromatic carbocycles. The number of hydrogen-bond acceptors (Lipinski definition) is 5. The molecular weight excluding hydrogens is 337 g/mol. The number of benzene rings is 1. The summed E-state index contributed by atoms with van der Waals surface area (Å²) in [6.07, 6.45) is 0. The summed E-state index contributed by atoms with van der Waals surface area (Å²) in [5.41, 5.74) is -0.562. The number of carbonyl (C=O) groups excluding carboxylic acids is 1. The van der Waals surface area contributed by atoms with Crippen LogP contribution in [0.5, 0.6) is 5.75 Å². The van der Waals surface area contributed by atoms with E-state index in [1.54, 1.807) is 4.72 Å². The Morgan fingerprint density at radius 2 is 2.00 bits per heavy atom. The molecule has 7 nitrogen and oxygen atoms in total. The Hall–Kier alpha value is -2.31. The molecule has 1 unspecified atom stereocenters. The standard InChI is InChI=1S/C15H14FN3O4S/c16-14-8(1-3-9-10-5-17-6-11(9)10)2-4-12(20)15(14)19-7-13(21)18-24(19,22)23/h2,4,9-11,17,20H,5-7H2,(H,18,21)/t9?,10-,11+. The van der Waals surface area contributed by atoms with Crippen molar-refractivity contribution in [1.82, 2.24) is 10.0 Å². The number of halogens is 1. The Labute approximate surface area is 138 Å². The maximum Gasteiger partial charge on any atom is 0.326 e. The Morgan fingerprint density at radius 1 is 1.29 bits per heavy atom. The fourth-order valence-electron chi connectivity index (χ4n) is 3.33.